The quantitative estimate of drug-likeness (QED) is 0.539. The second-order valence-electron chi connectivity index (χ2n) is 3.35. The summed E-state index contributed by atoms with van der Waals surface area (Å²) in [5, 5.41) is 2.68. The first-order valence-electron chi connectivity index (χ1n) is 5.06. The fourth-order valence-corrected chi connectivity index (χ4v) is 1.17. The van der Waals surface area contributed by atoms with E-state index in [4.69, 9.17) is 0 Å². The van der Waals surface area contributed by atoms with Crippen LogP contribution in [0, 0.1) is 0 Å². The van der Waals surface area contributed by atoms with Crippen LogP contribution in [-0.4, -0.2) is 43.2 Å². The van der Waals surface area contributed by atoms with Crippen molar-refractivity contribution in [1.82, 2.24) is 10.2 Å². The van der Waals surface area contributed by atoms with Crippen LogP contribution in [0.2, 0.25) is 0 Å². The molecule has 0 saturated carbocycles. The predicted octanol–water partition coefficient (Wildman–Crippen LogP) is 1.56. The Bertz CT molecular complexity index is 229. The topological polar surface area (TPSA) is 32.3 Å². The Kier molecular flexibility index (Phi) is 6.80. The first kappa shape index (κ1) is 15.0. The molecule has 0 rings (SSSR count). The van der Waals surface area contributed by atoms with E-state index in [9.17, 15) is 18.0 Å². The third-order valence-electron chi connectivity index (χ3n) is 1.78. The number of halogens is 3. The zero-order valence-corrected chi connectivity index (χ0v) is 9.31. The van der Waals surface area contributed by atoms with Crippen molar-refractivity contribution >= 4 is 5.91 Å². The van der Waals surface area contributed by atoms with Gasteiger partial charge in [0.1, 0.15) is 6.54 Å². The lowest BCUT2D eigenvalue weighted by molar-refractivity contribution is -0.160. The van der Waals surface area contributed by atoms with Gasteiger partial charge in [0.15, 0.2) is 0 Å². The predicted molar refractivity (Wildman–Crippen MR) is 56.0 cm³/mol. The van der Waals surface area contributed by atoms with Gasteiger partial charge < -0.3 is 10.2 Å². The smallest absolute Gasteiger partial charge is 0.332 e. The zero-order chi connectivity index (χ0) is 12.6. The number of hydrogen-bond acceptors (Lipinski definition) is 2. The maximum atomic E-state index is 12.1. The van der Waals surface area contributed by atoms with Crippen LogP contribution in [0.1, 0.15) is 13.3 Å². The second-order valence-corrected chi connectivity index (χ2v) is 3.35. The van der Waals surface area contributed by atoms with E-state index in [0.29, 0.717) is 13.0 Å². The molecule has 0 aliphatic carbocycles. The van der Waals surface area contributed by atoms with Crippen LogP contribution >= 0.6 is 0 Å². The van der Waals surface area contributed by atoms with Crippen molar-refractivity contribution in [1.29, 1.82) is 0 Å². The van der Waals surface area contributed by atoms with Crippen LogP contribution in [-0.2, 0) is 4.79 Å². The number of carbonyl (C=O) groups excluding carboxylic acids is 1. The second kappa shape index (κ2) is 7.27. The fourth-order valence-electron chi connectivity index (χ4n) is 1.17. The molecule has 0 heterocycles. The minimum absolute atomic E-state index is 0.0951. The van der Waals surface area contributed by atoms with Crippen molar-refractivity contribution < 1.29 is 18.0 Å². The highest BCUT2D eigenvalue weighted by molar-refractivity contribution is 5.78. The molecule has 6 heteroatoms. The summed E-state index contributed by atoms with van der Waals surface area (Å²) in [4.78, 5) is 12.2. The van der Waals surface area contributed by atoms with E-state index in [2.05, 4.69) is 11.9 Å². The summed E-state index contributed by atoms with van der Waals surface area (Å²) in [5.74, 6) is -0.541. The van der Waals surface area contributed by atoms with Crippen LogP contribution in [0.4, 0.5) is 13.2 Å². The van der Waals surface area contributed by atoms with Crippen molar-refractivity contribution in [3.63, 3.8) is 0 Å². The molecule has 0 atom stereocenters. The van der Waals surface area contributed by atoms with Crippen LogP contribution in [0.15, 0.2) is 12.7 Å². The molecule has 0 spiro atoms. The van der Waals surface area contributed by atoms with Gasteiger partial charge in [-0.2, -0.15) is 13.2 Å². The van der Waals surface area contributed by atoms with Crippen LogP contribution in [0.25, 0.3) is 0 Å². The minimum Gasteiger partial charge on any atom is -0.332 e. The van der Waals surface area contributed by atoms with E-state index in [1.807, 2.05) is 0 Å². The average molecular weight is 238 g/mol. The van der Waals surface area contributed by atoms with Gasteiger partial charge in [-0.1, -0.05) is 13.0 Å². The fraction of sp³-hybridized carbons (Fsp3) is 0.700. The Morgan fingerprint density at radius 1 is 1.50 bits per heavy atom. The molecule has 0 saturated heterocycles. The lowest BCUT2D eigenvalue weighted by Crippen LogP contribution is -2.43. The summed E-state index contributed by atoms with van der Waals surface area (Å²) in [6.45, 7) is 4.40. The number of carbonyl (C=O) groups is 1. The Labute approximate surface area is 93.3 Å². The molecule has 1 amide bonds. The van der Waals surface area contributed by atoms with Crippen LogP contribution in [0.5, 0.6) is 0 Å². The van der Waals surface area contributed by atoms with Gasteiger partial charge in [0.05, 0.1) is 6.54 Å². The maximum Gasteiger partial charge on any atom is 0.406 e. The Morgan fingerprint density at radius 3 is 2.56 bits per heavy atom. The van der Waals surface area contributed by atoms with E-state index < -0.39 is 18.6 Å². The minimum atomic E-state index is -4.34. The lowest BCUT2D eigenvalue weighted by Gasteiger charge is -2.23. The highest BCUT2D eigenvalue weighted by Crippen LogP contribution is 2.16. The molecule has 0 fully saturated rings. The van der Waals surface area contributed by atoms with Gasteiger partial charge in [0.2, 0.25) is 5.91 Å². The molecule has 0 aromatic heterocycles. The molecule has 0 unspecified atom stereocenters. The van der Waals surface area contributed by atoms with Gasteiger partial charge in [0, 0.05) is 13.1 Å². The highest BCUT2D eigenvalue weighted by Gasteiger charge is 2.32. The Hall–Kier alpha value is -1.04. The number of amides is 1. The van der Waals surface area contributed by atoms with Crippen molar-refractivity contribution in [3.05, 3.63) is 12.7 Å². The van der Waals surface area contributed by atoms with Crippen LogP contribution < -0.4 is 5.32 Å². The summed E-state index contributed by atoms with van der Waals surface area (Å²) in [5.41, 5.74) is 0. The molecule has 16 heavy (non-hydrogen) atoms. The van der Waals surface area contributed by atoms with Gasteiger partial charge in [-0.25, -0.2) is 0 Å². The van der Waals surface area contributed by atoms with E-state index in [0.717, 1.165) is 4.90 Å². The lowest BCUT2D eigenvalue weighted by atomic mass is 10.3. The molecular weight excluding hydrogens is 221 g/mol. The van der Waals surface area contributed by atoms with E-state index in [1.54, 1.807) is 13.0 Å². The summed E-state index contributed by atoms with van der Waals surface area (Å²) >= 11 is 0. The zero-order valence-electron chi connectivity index (χ0n) is 9.31. The average Bonchev–Trinajstić information content (AvgIpc) is 2.15. The third-order valence-corrected chi connectivity index (χ3v) is 1.78. The van der Waals surface area contributed by atoms with Crippen LogP contribution in [0.3, 0.4) is 0 Å². The summed E-state index contributed by atoms with van der Waals surface area (Å²) in [6, 6.07) is 0. The third kappa shape index (κ3) is 7.28. The molecule has 1 N–H and O–H groups in total. The number of rotatable bonds is 7. The monoisotopic (exact) mass is 238 g/mol. The summed E-state index contributed by atoms with van der Waals surface area (Å²) in [6.07, 6.45) is -2.30. The van der Waals surface area contributed by atoms with E-state index >= 15 is 0 Å². The first-order chi connectivity index (χ1) is 7.40. The molecule has 0 aliphatic rings. The Balaban J connectivity index is 4.18. The number of alkyl halides is 3. The molecule has 0 aliphatic heterocycles. The van der Waals surface area contributed by atoms with E-state index in [1.165, 1.54) is 0 Å². The molecule has 0 radical (unpaired) electrons. The van der Waals surface area contributed by atoms with Gasteiger partial charge in [-0.3, -0.25) is 4.79 Å². The molecular formula is C10H17F3N2O. The molecule has 0 aromatic carbocycles. The first-order valence-corrected chi connectivity index (χ1v) is 5.06. The maximum absolute atomic E-state index is 12.1. The largest absolute Gasteiger partial charge is 0.406 e. The van der Waals surface area contributed by atoms with Crippen molar-refractivity contribution in [2.24, 2.45) is 0 Å². The highest BCUT2D eigenvalue weighted by atomic mass is 19.4. The van der Waals surface area contributed by atoms with Gasteiger partial charge >= 0.3 is 6.18 Å². The van der Waals surface area contributed by atoms with Gasteiger partial charge in [-0.05, 0) is 6.42 Å². The molecule has 94 valence electrons. The number of nitrogens with zero attached hydrogens (tertiary/aromatic N) is 1. The van der Waals surface area contributed by atoms with Gasteiger partial charge in [-0.15, -0.1) is 6.58 Å². The summed E-state index contributed by atoms with van der Waals surface area (Å²) in [7, 11) is 0. The number of hydrogen-bond donors (Lipinski definition) is 1. The molecule has 3 nitrogen and oxygen atoms in total. The van der Waals surface area contributed by atoms with Gasteiger partial charge in [0.25, 0.3) is 0 Å². The SMILES string of the molecule is C=CCNCC(=O)N(CCC)CC(F)(F)F. The Morgan fingerprint density at radius 2 is 2.12 bits per heavy atom. The van der Waals surface area contributed by atoms with Crippen molar-refractivity contribution in [3.8, 4) is 0 Å². The van der Waals surface area contributed by atoms with E-state index in [-0.39, 0.29) is 13.1 Å². The molecule has 0 aromatic rings. The number of nitrogens with one attached hydrogen (secondary N) is 1. The summed E-state index contributed by atoms with van der Waals surface area (Å²) < 4.78 is 36.4. The normalized spacial score (nSPS) is 11.2. The standard InChI is InChI=1S/C10H17F3N2O/c1-3-5-14-7-9(16)15(6-4-2)8-10(11,12)13/h3,14H,1,4-8H2,2H3. The van der Waals surface area contributed by atoms with Crippen molar-refractivity contribution in [2.45, 2.75) is 19.5 Å². The van der Waals surface area contributed by atoms with Crippen molar-refractivity contribution in [2.75, 3.05) is 26.2 Å². The molecule has 0 bridgehead atoms.